The Morgan fingerprint density at radius 1 is 1.00 bits per heavy atom. The Balaban J connectivity index is 1.77. The zero-order valence-electron chi connectivity index (χ0n) is 17.7. The van der Waals surface area contributed by atoms with Gasteiger partial charge in [0.1, 0.15) is 17.7 Å². The number of rotatable bonds is 8. The van der Waals surface area contributed by atoms with Gasteiger partial charge in [0.05, 0.1) is 5.92 Å². The first-order valence-corrected chi connectivity index (χ1v) is 10.2. The summed E-state index contributed by atoms with van der Waals surface area (Å²) in [6, 6.07) is 17.3. The van der Waals surface area contributed by atoms with Gasteiger partial charge in [-0.1, -0.05) is 61.5 Å². The van der Waals surface area contributed by atoms with Gasteiger partial charge in [0, 0.05) is 12.1 Å². The van der Waals surface area contributed by atoms with Gasteiger partial charge in [0.25, 0.3) is 5.91 Å². The SMILES string of the molecule is C[C@H](C[C@@H](Cc1ccc(-c2ccccc2)cc1)NC(=O)c1cc(C(F)(F)F)ncn1)C(=O)O. The average molecular weight is 457 g/mol. The molecule has 0 aliphatic rings. The summed E-state index contributed by atoms with van der Waals surface area (Å²) < 4.78 is 38.7. The van der Waals surface area contributed by atoms with E-state index >= 15 is 0 Å². The standard InChI is InChI=1S/C24H22F3N3O3/c1-15(23(32)33)11-19(30-22(31)20-13-21(24(25,26)27)29-14-28-20)12-16-7-9-18(10-8-16)17-5-3-2-4-6-17/h2-10,13-15,19H,11-12H2,1H3,(H,30,31)(H,32,33)/t15-,19+/m1/s1. The Kier molecular flexibility index (Phi) is 7.42. The van der Waals surface area contributed by atoms with Gasteiger partial charge in [-0.15, -0.1) is 0 Å². The summed E-state index contributed by atoms with van der Waals surface area (Å²) in [4.78, 5) is 30.7. The topological polar surface area (TPSA) is 92.2 Å². The average Bonchev–Trinajstić information content (AvgIpc) is 2.79. The Morgan fingerprint density at radius 3 is 2.24 bits per heavy atom. The van der Waals surface area contributed by atoms with Crippen LogP contribution in [0.3, 0.4) is 0 Å². The van der Waals surface area contributed by atoms with Crippen molar-refractivity contribution in [3.63, 3.8) is 0 Å². The molecule has 9 heteroatoms. The number of aromatic nitrogens is 2. The van der Waals surface area contributed by atoms with Crippen molar-refractivity contribution in [2.45, 2.75) is 32.0 Å². The molecule has 2 N–H and O–H groups in total. The van der Waals surface area contributed by atoms with Crippen LogP contribution in [0.5, 0.6) is 0 Å². The molecule has 2 aromatic carbocycles. The number of hydrogen-bond acceptors (Lipinski definition) is 4. The number of aliphatic carboxylic acids is 1. The third-order valence-electron chi connectivity index (χ3n) is 5.13. The van der Waals surface area contributed by atoms with Crippen molar-refractivity contribution in [1.82, 2.24) is 15.3 Å². The molecular weight excluding hydrogens is 435 g/mol. The fraction of sp³-hybridized carbons (Fsp3) is 0.250. The zero-order valence-corrected chi connectivity index (χ0v) is 17.7. The molecule has 0 fully saturated rings. The summed E-state index contributed by atoms with van der Waals surface area (Å²) in [6.07, 6.45) is -3.64. The van der Waals surface area contributed by atoms with Gasteiger partial charge in [0.15, 0.2) is 0 Å². The molecule has 0 saturated carbocycles. The summed E-state index contributed by atoms with van der Waals surface area (Å²) in [5, 5.41) is 11.9. The molecular formula is C24H22F3N3O3. The first kappa shape index (κ1) is 23.9. The quantitative estimate of drug-likeness (QED) is 0.515. The lowest BCUT2D eigenvalue weighted by molar-refractivity contribution is -0.142. The molecule has 1 amide bonds. The van der Waals surface area contributed by atoms with Crippen LogP contribution in [-0.4, -0.2) is 33.0 Å². The molecule has 0 aliphatic heterocycles. The summed E-state index contributed by atoms with van der Waals surface area (Å²) >= 11 is 0. The van der Waals surface area contributed by atoms with Crippen LogP contribution in [0.2, 0.25) is 0 Å². The van der Waals surface area contributed by atoms with Gasteiger partial charge in [-0.05, 0) is 29.5 Å². The molecule has 33 heavy (non-hydrogen) atoms. The van der Waals surface area contributed by atoms with Crippen molar-refractivity contribution in [1.29, 1.82) is 0 Å². The lowest BCUT2D eigenvalue weighted by Gasteiger charge is -2.21. The highest BCUT2D eigenvalue weighted by Crippen LogP contribution is 2.27. The number of alkyl halides is 3. The van der Waals surface area contributed by atoms with Gasteiger partial charge < -0.3 is 10.4 Å². The number of nitrogens with one attached hydrogen (secondary N) is 1. The van der Waals surface area contributed by atoms with Gasteiger partial charge in [-0.25, -0.2) is 9.97 Å². The molecule has 1 aromatic heterocycles. The number of amides is 1. The second kappa shape index (κ2) is 10.2. The molecule has 0 spiro atoms. The van der Waals surface area contributed by atoms with Crippen molar-refractivity contribution in [3.05, 3.63) is 83.9 Å². The number of halogens is 3. The largest absolute Gasteiger partial charge is 0.481 e. The zero-order chi connectivity index (χ0) is 24.0. The van der Waals surface area contributed by atoms with Crippen molar-refractivity contribution in [2.75, 3.05) is 0 Å². The highest BCUT2D eigenvalue weighted by Gasteiger charge is 2.33. The molecule has 0 aliphatic carbocycles. The van der Waals surface area contributed by atoms with Gasteiger partial charge in [0.2, 0.25) is 0 Å². The van der Waals surface area contributed by atoms with E-state index in [1.165, 1.54) is 6.92 Å². The minimum Gasteiger partial charge on any atom is -0.481 e. The van der Waals surface area contributed by atoms with Crippen LogP contribution >= 0.6 is 0 Å². The maximum atomic E-state index is 12.9. The van der Waals surface area contributed by atoms with Crippen molar-refractivity contribution < 1.29 is 27.9 Å². The molecule has 1 heterocycles. The first-order valence-electron chi connectivity index (χ1n) is 10.2. The minimum atomic E-state index is -4.71. The van der Waals surface area contributed by atoms with E-state index < -0.39 is 41.4 Å². The highest BCUT2D eigenvalue weighted by atomic mass is 19.4. The van der Waals surface area contributed by atoms with Crippen LogP contribution in [-0.2, 0) is 17.4 Å². The Hall–Kier alpha value is -3.75. The van der Waals surface area contributed by atoms with E-state index in [-0.39, 0.29) is 6.42 Å². The van der Waals surface area contributed by atoms with Crippen molar-refractivity contribution >= 4 is 11.9 Å². The van der Waals surface area contributed by atoms with Crippen LogP contribution in [0, 0.1) is 5.92 Å². The van der Waals surface area contributed by atoms with E-state index in [0.29, 0.717) is 18.8 Å². The summed E-state index contributed by atoms with van der Waals surface area (Å²) in [7, 11) is 0. The van der Waals surface area contributed by atoms with Crippen LogP contribution in [0.1, 0.15) is 35.1 Å². The Morgan fingerprint density at radius 2 is 1.64 bits per heavy atom. The van der Waals surface area contributed by atoms with E-state index in [1.54, 1.807) is 0 Å². The lowest BCUT2D eigenvalue weighted by Crippen LogP contribution is -2.39. The monoisotopic (exact) mass is 457 g/mol. The molecule has 0 unspecified atom stereocenters. The van der Waals surface area contributed by atoms with E-state index in [2.05, 4.69) is 15.3 Å². The molecule has 0 radical (unpaired) electrons. The van der Waals surface area contributed by atoms with Crippen molar-refractivity contribution in [2.24, 2.45) is 5.92 Å². The minimum absolute atomic E-state index is 0.0960. The van der Waals surface area contributed by atoms with Gasteiger partial charge in [-0.3, -0.25) is 9.59 Å². The number of benzene rings is 2. The third kappa shape index (κ3) is 6.61. The third-order valence-corrected chi connectivity index (χ3v) is 5.13. The molecule has 3 rings (SSSR count). The lowest BCUT2D eigenvalue weighted by atomic mass is 9.95. The molecule has 172 valence electrons. The highest BCUT2D eigenvalue weighted by molar-refractivity contribution is 5.92. The molecule has 3 aromatic rings. The normalized spacial score (nSPS) is 13.2. The van der Waals surface area contributed by atoms with E-state index in [4.69, 9.17) is 0 Å². The summed E-state index contributed by atoms with van der Waals surface area (Å²) in [5.41, 5.74) is 1.22. The van der Waals surface area contributed by atoms with Crippen LogP contribution in [0.4, 0.5) is 13.2 Å². The Labute approximate surface area is 188 Å². The number of carbonyl (C=O) groups is 2. The van der Waals surface area contributed by atoms with E-state index in [0.717, 1.165) is 16.7 Å². The number of carbonyl (C=O) groups excluding carboxylic acids is 1. The van der Waals surface area contributed by atoms with Crippen LogP contribution in [0.15, 0.2) is 67.0 Å². The van der Waals surface area contributed by atoms with Crippen molar-refractivity contribution in [3.8, 4) is 11.1 Å². The predicted octanol–water partition coefficient (Wildman–Crippen LogP) is 4.61. The van der Waals surface area contributed by atoms with Gasteiger partial charge >= 0.3 is 12.1 Å². The molecule has 6 nitrogen and oxygen atoms in total. The van der Waals surface area contributed by atoms with Crippen LogP contribution in [0.25, 0.3) is 11.1 Å². The summed E-state index contributed by atoms with van der Waals surface area (Å²) in [6.45, 7) is 1.51. The molecule has 2 atom stereocenters. The van der Waals surface area contributed by atoms with Crippen LogP contribution < -0.4 is 5.32 Å². The number of hydrogen-bond donors (Lipinski definition) is 2. The summed E-state index contributed by atoms with van der Waals surface area (Å²) in [5.74, 6) is -2.63. The second-order valence-corrected chi connectivity index (χ2v) is 7.70. The van der Waals surface area contributed by atoms with Gasteiger partial charge in [-0.2, -0.15) is 13.2 Å². The van der Waals surface area contributed by atoms with E-state index in [1.807, 2.05) is 54.6 Å². The second-order valence-electron chi connectivity index (χ2n) is 7.70. The fourth-order valence-electron chi connectivity index (χ4n) is 3.37. The smallest absolute Gasteiger partial charge is 0.433 e. The predicted molar refractivity (Wildman–Crippen MR) is 115 cm³/mol. The molecule has 0 saturated heterocycles. The fourth-order valence-corrected chi connectivity index (χ4v) is 3.37. The molecule has 0 bridgehead atoms. The first-order chi connectivity index (χ1) is 15.6. The van der Waals surface area contributed by atoms with E-state index in [9.17, 15) is 27.9 Å². The maximum Gasteiger partial charge on any atom is 0.433 e. The maximum absolute atomic E-state index is 12.9. The number of carboxylic acids is 1. The Bertz CT molecular complexity index is 1100. The number of carboxylic acid groups (broad SMARTS) is 1. The number of nitrogens with zero attached hydrogens (tertiary/aromatic N) is 2.